The van der Waals surface area contributed by atoms with Gasteiger partial charge in [-0.3, -0.25) is 9.78 Å². The summed E-state index contributed by atoms with van der Waals surface area (Å²) in [7, 11) is 0. The summed E-state index contributed by atoms with van der Waals surface area (Å²) in [5, 5.41) is 5.21. The third kappa shape index (κ3) is 4.15. The average molecular weight is 355 g/mol. The van der Waals surface area contributed by atoms with Crippen LogP contribution in [0.4, 0.5) is 20.4 Å². The van der Waals surface area contributed by atoms with Crippen molar-refractivity contribution in [2.24, 2.45) is 0 Å². The zero-order valence-electron chi connectivity index (χ0n) is 13.8. The number of aromatic nitrogens is 3. The van der Waals surface area contributed by atoms with Crippen molar-refractivity contribution in [1.29, 1.82) is 0 Å². The molecule has 0 fully saturated rings. The van der Waals surface area contributed by atoms with E-state index in [-0.39, 0.29) is 11.6 Å². The van der Waals surface area contributed by atoms with Crippen LogP contribution in [0, 0.1) is 18.6 Å². The fourth-order valence-electron chi connectivity index (χ4n) is 2.24. The van der Waals surface area contributed by atoms with Crippen molar-refractivity contribution >= 4 is 17.5 Å². The third-order valence-corrected chi connectivity index (χ3v) is 3.49. The molecule has 0 spiro atoms. The van der Waals surface area contributed by atoms with Gasteiger partial charge >= 0.3 is 0 Å². The van der Waals surface area contributed by atoms with Crippen molar-refractivity contribution in [3.05, 3.63) is 77.4 Å². The molecular weight excluding hydrogens is 340 g/mol. The molecule has 0 bridgehead atoms. The Labute approximate surface area is 148 Å². The van der Waals surface area contributed by atoms with Gasteiger partial charge in [-0.15, -0.1) is 0 Å². The van der Waals surface area contributed by atoms with Crippen molar-refractivity contribution in [2.75, 3.05) is 10.6 Å². The van der Waals surface area contributed by atoms with E-state index in [1.807, 2.05) is 12.1 Å². The molecule has 3 aromatic rings. The predicted octanol–water partition coefficient (Wildman–Crippen LogP) is 3.32. The van der Waals surface area contributed by atoms with Crippen LogP contribution < -0.4 is 10.6 Å². The minimum absolute atomic E-state index is 0.00242. The molecule has 1 aromatic carbocycles. The van der Waals surface area contributed by atoms with Gasteiger partial charge in [-0.2, -0.15) is 0 Å². The van der Waals surface area contributed by atoms with E-state index in [9.17, 15) is 13.6 Å². The number of para-hydroxylation sites is 1. The van der Waals surface area contributed by atoms with Crippen LogP contribution >= 0.6 is 0 Å². The highest BCUT2D eigenvalue weighted by atomic mass is 19.1. The van der Waals surface area contributed by atoms with E-state index in [0.29, 0.717) is 12.2 Å². The lowest BCUT2D eigenvalue weighted by molar-refractivity contribution is 0.102. The van der Waals surface area contributed by atoms with E-state index in [1.165, 1.54) is 12.1 Å². The number of pyridine rings is 1. The van der Waals surface area contributed by atoms with Crippen LogP contribution in [0.1, 0.15) is 21.7 Å². The molecule has 2 aromatic heterocycles. The number of halogens is 2. The number of nitrogens with one attached hydrogen (secondary N) is 2. The summed E-state index contributed by atoms with van der Waals surface area (Å²) < 4.78 is 27.4. The van der Waals surface area contributed by atoms with Crippen LogP contribution in [-0.2, 0) is 6.54 Å². The van der Waals surface area contributed by atoms with Gasteiger partial charge in [0.2, 0.25) is 5.95 Å². The standard InChI is InChI=1S/C18H15F2N5O/c1-11-9-15(17(26)25-16-13(19)3-2-4-14(16)20)24-18(23-11)22-10-12-5-7-21-8-6-12/h2-9H,10H2,1H3,(H,25,26)(H,22,23,24). The third-order valence-electron chi connectivity index (χ3n) is 3.49. The highest BCUT2D eigenvalue weighted by Gasteiger charge is 2.16. The molecule has 3 rings (SSSR count). The Kier molecular flexibility index (Phi) is 5.12. The minimum atomic E-state index is -0.861. The molecule has 0 saturated heterocycles. The summed E-state index contributed by atoms with van der Waals surface area (Å²) in [6.45, 7) is 2.13. The first-order chi connectivity index (χ1) is 12.5. The fourth-order valence-corrected chi connectivity index (χ4v) is 2.24. The monoisotopic (exact) mass is 355 g/mol. The quantitative estimate of drug-likeness (QED) is 0.734. The molecule has 0 aliphatic rings. The topological polar surface area (TPSA) is 79.8 Å². The lowest BCUT2D eigenvalue weighted by atomic mass is 10.2. The fraction of sp³-hybridized carbons (Fsp3) is 0.111. The SMILES string of the molecule is Cc1cc(C(=O)Nc2c(F)cccc2F)nc(NCc2ccncc2)n1. The van der Waals surface area contributed by atoms with Gasteiger partial charge in [0.1, 0.15) is 23.0 Å². The van der Waals surface area contributed by atoms with Gasteiger partial charge in [-0.25, -0.2) is 18.7 Å². The smallest absolute Gasteiger partial charge is 0.274 e. The molecule has 8 heteroatoms. The number of nitrogens with zero attached hydrogens (tertiary/aromatic N) is 3. The van der Waals surface area contributed by atoms with E-state index in [2.05, 4.69) is 25.6 Å². The molecule has 26 heavy (non-hydrogen) atoms. The molecule has 132 valence electrons. The van der Waals surface area contributed by atoms with Crippen LogP contribution in [-0.4, -0.2) is 20.9 Å². The summed E-state index contributed by atoms with van der Waals surface area (Å²) in [6.07, 6.45) is 3.33. The highest BCUT2D eigenvalue weighted by Crippen LogP contribution is 2.19. The van der Waals surface area contributed by atoms with Crippen molar-refractivity contribution < 1.29 is 13.6 Å². The van der Waals surface area contributed by atoms with Crippen molar-refractivity contribution in [2.45, 2.75) is 13.5 Å². The van der Waals surface area contributed by atoms with E-state index in [1.54, 1.807) is 19.3 Å². The summed E-state index contributed by atoms with van der Waals surface area (Å²) in [5.74, 6) is -2.22. The van der Waals surface area contributed by atoms with Gasteiger partial charge in [0.15, 0.2) is 0 Å². The van der Waals surface area contributed by atoms with Gasteiger partial charge in [0, 0.05) is 24.6 Å². The van der Waals surface area contributed by atoms with E-state index in [4.69, 9.17) is 0 Å². The molecule has 1 amide bonds. The zero-order chi connectivity index (χ0) is 18.5. The predicted molar refractivity (Wildman–Crippen MR) is 92.6 cm³/mol. The molecule has 0 unspecified atom stereocenters. The summed E-state index contributed by atoms with van der Waals surface area (Å²) in [4.78, 5) is 24.6. The van der Waals surface area contributed by atoms with E-state index >= 15 is 0 Å². The Morgan fingerprint density at radius 3 is 2.46 bits per heavy atom. The number of carbonyl (C=O) groups is 1. The molecule has 0 aliphatic heterocycles. The maximum atomic E-state index is 13.7. The summed E-state index contributed by atoms with van der Waals surface area (Å²) in [6, 6.07) is 8.44. The first-order valence-corrected chi connectivity index (χ1v) is 7.77. The van der Waals surface area contributed by atoms with Gasteiger partial charge in [-0.1, -0.05) is 6.07 Å². The first kappa shape index (κ1) is 17.4. The molecule has 2 N–H and O–H groups in total. The molecule has 0 radical (unpaired) electrons. The average Bonchev–Trinajstić information content (AvgIpc) is 2.63. The second-order valence-corrected chi connectivity index (χ2v) is 5.48. The second kappa shape index (κ2) is 7.64. The number of anilines is 2. The van der Waals surface area contributed by atoms with Gasteiger partial charge in [0.25, 0.3) is 5.91 Å². The molecule has 0 saturated carbocycles. The van der Waals surface area contributed by atoms with E-state index in [0.717, 1.165) is 17.7 Å². The van der Waals surface area contributed by atoms with Crippen LogP contribution in [0.2, 0.25) is 0 Å². The number of amides is 1. The maximum Gasteiger partial charge on any atom is 0.274 e. The normalized spacial score (nSPS) is 10.4. The Bertz CT molecular complexity index is 914. The van der Waals surface area contributed by atoms with Crippen LogP contribution in [0.25, 0.3) is 0 Å². The molecule has 0 atom stereocenters. The van der Waals surface area contributed by atoms with E-state index < -0.39 is 23.2 Å². The first-order valence-electron chi connectivity index (χ1n) is 7.77. The van der Waals surface area contributed by atoms with Gasteiger partial charge in [-0.05, 0) is 42.8 Å². The molecule has 2 heterocycles. The zero-order valence-corrected chi connectivity index (χ0v) is 13.8. The number of benzene rings is 1. The Hall–Kier alpha value is -3.42. The van der Waals surface area contributed by atoms with Crippen molar-refractivity contribution in [3.63, 3.8) is 0 Å². The number of aryl methyl sites for hydroxylation is 1. The maximum absolute atomic E-state index is 13.7. The number of hydrogen-bond acceptors (Lipinski definition) is 5. The Morgan fingerprint density at radius 2 is 1.77 bits per heavy atom. The van der Waals surface area contributed by atoms with Crippen LogP contribution in [0.3, 0.4) is 0 Å². The number of hydrogen-bond donors (Lipinski definition) is 2. The van der Waals surface area contributed by atoms with Crippen molar-refractivity contribution in [1.82, 2.24) is 15.0 Å². The molecular formula is C18H15F2N5O. The summed E-state index contributed by atoms with van der Waals surface area (Å²) >= 11 is 0. The lowest BCUT2D eigenvalue weighted by Gasteiger charge is -2.10. The Balaban J connectivity index is 1.77. The van der Waals surface area contributed by atoms with Crippen LogP contribution in [0.15, 0.2) is 48.8 Å². The largest absolute Gasteiger partial charge is 0.350 e. The molecule has 0 aliphatic carbocycles. The summed E-state index contributed by atoms with van der Waals surface area (Å²) in [5.41, 5.74) is 0.985. The van der Waals surface area contributed by atoms with Gasteiger partial charge < -0.3 is 10.6 Å². The van der Waals surface area contributed by atoms with Crippen LogP contribution in [0.5, 0.6) is 0 Å². The molecule has 6 nitrogen and oxygen atoms in total. The van der Waals surface area contributed by atoms with Gasteiger partial charge in [0.05, 0.1) is 0 Å². The number of rotatable bonds is 5. The minimum Gasteiger partial charge on any atom is -0.350 e. The highest BCUT2D eigenvalue weighted by molar-refractivity contribution is 6.03. The number of carbonyl (C=O) groups excluding carboxylic acids is 1. The lowest BCUT2D eigenvalue weighted by Crippen LogP contribution is -2.17. The van der Waals surface area contributed by atoms with Crippen molar-refractivity contribution in [3.8, 4) is 0 Å². The Morgan fingerprint density at radius 1 is 1.08 bits per heavy atom. The second-order valence-electron chi connectivity index (χ2n) is 5.48.